The molecule has 2 N–H and O–H groups in total. The summed E-state index contributed by atoms with van der Waals surface area (Å²) in [4.78, 5) is 11.8. The molecule has 0 aliphatic carbocycles. The van der Waals surface area contributed by atoms with Gasteiger partial charge in [0.15, 0.2) is 0 Å². The first kappa shape index (κ1) is 14.9. The van der Waals surface area contributed by atoms with Gasteiger partial charge >= 0.3 is 6.09 Å². The molecule has 3 aromatic carbocycles. The number of carbonyl (C=O) groups excluding carboxylic acids is 1. The number of alkyl carbamates (subject to hydrolysis) is 1. The van der Waals surface area contributed by atoms with Crippen LogP contribution < -0.4 is 5.32 Å². The predicted molar refractivity (Wildman–Crippen MR) is 89.1 cm³/mol. The summed E-state index contributed by atoms with van der Waals surface area (Å²) in [6.07, 6.45) is -0.467. The molecule has 4 nitrogen and oxygen atoms in total. The van der Waals surface area contributed by atoms with E-state index in [0.717, 1.165) is 21.9 Å². The van der Waals surface area contributed by atoms with Gasteiger partial charge in [0.05, 0.1) is 0 Å². The van der Waals surface area contributed by atoms with E-state index in [1.807, 2.05) is 54.6 Å². The van der Waals surface area contributed by atoms with Crippen LogP contribution in [0.15, 0.2) is 66.7 Å². The third-order valence-corrected chi connectivity index (χ3v) is 3.63. The number of carbonyl (C=O) groups is 1. The van der Waals surface area contributed by atoms with Crippen molar-refractivity contribution < 1.29 is 14.6 Å². The summed E-state index contributed by atoms with van der Waals surface area (Å²) >= 11 is 0. The number of nitrogens with one attached hydrogen (secondary N) is 1. The highest BCUT2D eigenvalue weighted by atomic mass is 16.5. The summed E-state index contributed by atoms with van der Waals surface area (Å²) in [7, 11) is 0. The van der Waals surface area contributed by atoms with E-state index in [4.69, 9.17) is 4.74 Å². The Hall–Kier alpha value is -3.01. The molecular weight excluding hydrogens is 290 g/mol. The number of hydrogen-bond acceptors (Lipinski definition) is 3. The summed E-state index contributed by atoms with van der Waals surface area (Å²) in [5.41, 5.74) is 1.87. The largest absolute Gasteiger partial charge is 0.507 e. The second kappa shape index (κ2) is 6.83. The van der Waals surface area contributed by atoms with Gasteiger partial charge in [0.25, 0.3) is 0 Å². The molecule has 0 aromatic heterocycles. The number of amides is 1. The molecule has 1 amide bonds. The minimum atomic E-state index is -0.467. The van der Waals surface area contributed by atoms with Crippen molar-refractivity contribution in [3.8, 4) is 5.75 Å². The number of aromatic hydroxyl groups is 1. The normalized spacial score (nSPS) is 10.4. The molecular formula is C19H17NO3. The fraction of sp³-hybridized carbons (Fsp3) is 0.105. The second-order valence-corrected chi connectivity index (χ2v) is 5.20. The monoisotopic (exact) mass is 307 g/mol. The molecule has 0 saturated carbocycles. The molecule has 3 rings (SSSR count). The van der Waals surface area contributed by atoms with Gasteiger partial charge in [-0.05, 0) is 22.6 Å². The zero-order chi connectivity index (χ0) is 16.1. The van der Waals surface area contributed by atoms with Gasteiger partial charge in [-0.25, -0.2) is 4.79 Å². The van der Waals surface area contributed by atoms with Crippen molar-refractivity contribution in [2.75, 3.05) is 0 Å². The number of phenolic OH excluding ortho intramolecular Hbond substituents is 1. The van der Waals surface area contributed by atoms with E-state index >= 15 is 0 Å². The summed E-state index contributed by atoms with van der Waals surface area (Å²) in [5, 5.41) is 14.3. The number of ether oxygens (including phenoxy) is 1. The van der Waals surface area contributed by atoms with E-state index in [9.17, 15) is 9.90 Å². The molecule has 0 bridgehead atoms. The van der Waals surface area contributed by atoms with Crippen LogP contribution in [0.2, 0.25) is 0 Å². The van der Waals surface area contributed by atoms with Crippen molar-refractivity contribution in [3.05, 3.63) is 77.9 Å². The molecule has 0 aliphatic heterocycles. The van der Waals surface area contributed by atoms with Crippen LogP contribution in [0, 0.1) is 0 Å². The van der Waals surface area contributed by atoms with Gasteiger partial charge in [-0.2, -0.15) is 0 Å². The first-order valence-electron chi connectivity index (χ1n) is 7.38. The molecule has 0 atom stereocenters. The van der Waals surface area contributed by atoms with Gasteiger partial charge in [0.2, 0.25) is 0 Å². The van der Waals surface area contributed by atoms with Crippen LogP contribution in [0.25, 0.3) is 10.8 Å². The highest BCUT2D eigenvalue weighted by Gasteiger charge is 2.07. The Bertz CT molecular complexity index is 815. The number of benzene rings is 3. The highest BCUT2D eigenvalue weighted by molar-refractivity contribution is 5.90. The highest BCUT2D eigenvalue weighted by Crippen LogP contribution is 2.27. The Kier molecular flexibility index (Phi) is 4.43. The maximum Gasteiger partial charge on any atom is 0.407 e. The molecule has 3 aromatic rings. The zero-order valence-electron chi connectivity index (χ0n) is 12.5. The minimum absolute atomic E-state index is 0.232. The van der Waals surface area contributed by atoms with Crippen molar-refractivity contribution >= 4 is 16.9 Å². The van der Waals surface area contributed by atoms with E-state index in [1.54, 1.807) is 12.1 Å². The van der Waals surface area contributed by atoms with Crippen molar-refractivity contribution in [3.63, 3.8) is 0 Å². The van der Waals surface area contributed by atoms with Crippen LogP contribution in [0.4, 0.5) is 4.79 Å². The standard InChI is InChI=1S/C19H17NO3/c21-18-11-10-15(16-8-4-5-9-17(16)18)12-20-19(22)23-13-14-6-2-1-3-7-14/h1-11,21H,12-13H2,(H,20,22). The second-order valence-electron chi connectivity index (χ2n) is 5.20. The third-order valence-electron chi connectivity index (χ3n) is 3.63. The van der Waals surface area contributed by atoms with Gasteiger partial charge in [-0.1, -0.05) is 60.7 Å². The molecule has 0 heterocycles. The molecule has 0 aliphatic rings. The maximum absolute atomic E-state index is 11.8. The van der Waals surface area contributed by atoms with Crippen LogP contribution in [-0.2, 0) is 17.9 Å². The Morgan fingerprint density at radius 1 is 0.913 bits per heavy atom. The minimum Gasteiger partial charge on any atom is -0.507 e. The summed E-state index contributed by atoms with van der Waals surface area (Å²) in [6.45, 7) is 0.581. The van der Waals surface area contributed by atoms with Gasteiger partial charge in [0.1, 0.15) is 12.4 Å². The summed E-state index contributed by atoms with van der Waals surface area (Å²) in [5.74, 6) is 0.232. The van der Waals surface area contributed by atoms with Gasteiger partial charge < -0.3 is 15.2 Å². The number of phenols is 1. The Labute approximate surface area is 134 Å². The van der Waals surface area contributed by atoms with Crippen LogP contribution in [0.1, 0.15) is 11.1 Å². The molecule has 4 heteroatoms. The lowest BCUT2D eigenvalue weighted by atomic mass is 10.0. The van der Waals surface area contributed by atoms with E-state index in [0.29, 0.717) is 6.54 Å². The predicted octanol–water partition coefficient (Wildman–Crippen LogP) is 3.97. The number of hydrogen-bond donors (Lipinski definition) is 2. The van der Waals surface area contributed by atoms with Gasteiger partial charge in [0, 0.05) is 11.9 Å². The van der Waals surface area contributed by atoms with Crippen molar-refractivity contribution in [1.29, 1.82) is 0 Å². The van der Waals surface area contributed by atoms with Gasteiger partial charge in [-0.15, -0.1) is 0 Å². The first-order valence-corrected chi connectivity index (χ1v) is 7.38. The fourth-order valence-corrected chi connectivity index (χ4v) is 2.44. The van der Waals surface area contributed by atoms with Crippen molar-refractivity contribution in [2.24, 2.45) is 0 Å². The maximum atomic E-state index is 11.8. The van der Waals surface area contributed by atoms with Crippen LogP contribution >= 0.6 is 0 Å². The topological polar surface area (TPSA) is 58.6 Å². The van der Waals surface area contributed by atoms with Crippen LogP contribution in [-0.4, -0.2) is 11.2 Å². The van der Waals surface area contributed by atoms with Gasteiger partial charge in [-0.3, -0.25) is 0 Å². The molecule has 23 heavy (non-hydrogen) atoms. The molecule has 0 radical (unpaired) electrons. The first-order chi connectivity index (χ1) is 11.2. The average molecular weight is 307 g/mol. The van der Waals surface area contributed by atoms with Crippen LogP contribution in [0.5, 0.6) is 5.75 Å². The Morgan fingerprint density at radius 2 is 1.61 bits per heavy atom. The molecule has 0 unspecified atom stereocenters. The van der Waals surface area contributed by atoms with E-state index in [2.05, 4.69) is 5.32 Å². The van der Waals surface area contributed by atoms with E-state index < -0.39 is 6.09 Å². The lowest BCUT2D eigenvalue weighted by Crippen LogP contribution is -2.23. The Balaban J connectivity index is 1.62. The molecule has 0 fully saturated rings. The molecule has 0 saturated heterocycles. The van der Waals surface area contributed by atoms with Crippen molar-refractivity contribution in [2.45, 2.75) is 13.2 Å². The van der Waals surface area contributed by atoms with E-state index in [-0.39, 0.29) is 12.4 Å². The SMILES string of the molecule is O=C(NCc1ccc(O)c2ccccc12)OCc1ccccc1. The van der Waals surface area contributed by atoms with Crippen LogP contribution in [0.3, 0.4) is 0 Å². The quantitative estimate of drug-likeness (QED) is 0.766. The third kappa shape index (κ3) is 3.61. The summed E-state index contributed by atoms with van der Waals surface area (Å²) < 4.78 is 5.19. The van der Waals surface area contributed by atoms with E-state index in [1.165, 1.54) is 0 Å². The smallest absolute Gasteiger partial charge is 0.407 e. The lowest BCUT2D eigenvalue weighted by molar-refractivity contribution is 0.139. The molecule has 0 spiro atoms. The summed E-state index contributed by atoms with van der Waals surface area (Å²) in [6, 6.07) is 20.5. The molecule has 116 valence electrons. The Morgan fingerprint density at radius 3 is 2.39 bits per heavy atom. The van der Waals surface area contributed by atoms with Crippen molar-refractivity contribution in [1.82, 2.24) is 5.32 Å². The lowest BCUT2D eigenvalue weighted by Gasteiger charge is -2.10. The fourth-order valence-electron chi connectivity index (χ4n) is 2.44. The zero-order valence-corrected chi connectivity index (χ0v) is 12.5. The number of fused-ring (bicyclic) bond motifs is 1. The number of rotatable bonds is 4. The average Bonchev–Trinajstić information content (AvgIpc) is 2.60.